The van der Waals surface area contributed by atoms with Crippen LogP contribution < -0.4 is 16.0 Å². The van der Waals surface area contributed by atoms with Crippen molar-refractivity contribution in [3.05, 3.63) is 130 Å². The van der Waals surface area contributed by atoms with Gasteiger partial charge in [0.05, 0.1) is 36.9 Å². The number of carbonyl (C=O) groups is 2. The molecule has 0 saturated carbocycles. The molecule has 1 unspecified atom stereocenters. The number of hydrogen-bond acceptors (Lipinski definition) is 6. The van der Waals surface area contributed by atoms with E-state index in [1.807, 2.05) is 60.7 Å². The monoisotopic (exact) mass is 649 g/mol. The fourth-order valence-electron chi connectivity index (χ4n) is 6.27. The van der Waals surface area contributed by atoms with Gasteiger partial charge in [0.2, 0.25) is 5.91 Å². The quantitative estimate of drug-likeness (QED) is 0.138. The number of morpholine rings is 1. The zero-order chi connectivity index (χ0) is 33.6. The number of imidazole rings is 1. The molecular weight excluding hydrogens is 609 g/mol. The summed E-state index contributed by atoms with van der Waals surface area (Å²) in [6, 6.07) is 26.6. The topological polar surface area (TPSA) is 117 Å². The Balaban J connectivity index is 1.16. The van der Waals surface area contributed by atoms with Crippen LogP contribution in [0.4, 0.5) is 14.9 Å². The van der Waals surface area contributed by atoms with Crippen LogP contribution >= 0.6 is 0 Å². The second-order valence-corrected chi connectivity index (χ2v) is 12.2. The first kappa shape index (κ1) is 32.9. The zero-order valence-corrected chi connectivity index (χ0v) is 27.3. The molecule has 2 amide bonds. The number of nitrogens with zero attached hydrogens (tertiary/aromatic N) is 1. The Morgan fingerprint density at radius 1 is 0.979 bits per heavy atom. The van der Waals surface area contributed by atoms with Crippen molar-refractivity contribution >= 4 is 28.7 Å². The number of nitrogens with one attached hydrogen (secondary N) is 4. The molecule has 0 radical (unpaired) electrons. The number of aromatic nitrogens is 2. The van der Waals surface area contributed by atoms with Gasteiger partial charge in [0.25, 0.3) is 0 Å². The van der Waals surface area contributed by atoms with Crippen LogP contribution in [0.3, 0.4) is 0 Å². The SMILES string of the molecule is COC(=O)NC(C(=O)Nc1cccc(F)c1CC[C@@H]1CN[C@H](c2nc3cc(C)c(C)cc3[nH]2)CO1)C(c1ccccc1)c1ccccc1. The number of benzene rings is 4. The van der Waals surface area contributed by atoms with Crippen LogP contribution in [0.15, 0.2) is 91.0 Å². The van der Waals surface area contributed by atoms with E-state index in [1.165, 1.54) is 24.3 Å². The predicted molar refractivity (Wildman–Crippen MR) is 183 cm³/mol. The molecule has 248 valence electrons. The summed E-state index contributed by atoms with van der Waals surface area (Å²) in [6.45, 7) is 5.14. The molecule has 48 heavy (non-hydrogen) atoms. The van der Waals surface area contributed by atoms with Crippen LogP contribution in [-0.2, 0) is 20.7 Å². The summed E-state index contributed by atoms with van der Waals surface area (Å²) >= 11 is 0. The van der Waals surface area contributed by atoms with E-state index in [1.54, 1.807) is 12.1 Å². The van der Waals surface area contributed by atoms with Gasteiger partial charge in [-0.3, -0.25) is 4.79 Å². The number of aromatic amines is 1. The highest BCUT2D eigenvalue weighted by molar-refractivity contribution is 5.98. The lowest BCUT2D eigenvalue weighted by Crippen LogP contribution is -2.48. The lowest BCUT2D eigenvalue weighted by molar-refractivity contribution is -0.118. The molecule has 6 rings (SSSR count). The molecule has 2 heterocycles. The molecule has 1 aliphatic heterocycles. The Bertz CT molecular complexity index is 1790. The fourth-order valence-corrected chi connectivity index (χ4v) is 6.27. The number of carbonyl (C=O) groups excluding carboxylic acids is 2. The number of anilines is 1. The number of hydrogen-bond donors (Lipinski definition) is 4. The van der Waals surface area contributed by atoms with Crippen LogP contribution in [0.5, 0.6) is 0 Å². The maximum absolute atomic E-state index is 15.3. The van der Waals surface area contributed by atoms with E-state index in [4.69, 9.17) is 14.5 Å². The third-order valence-corrected chi connectivity index (χ3v) is 9.02. The van der Waals surface area contributed by atoms with Gasteiger partial charge in [-0.2, -0.15) is 0 Å². The van der Waals surface area contributed by atoms with E-state index in [-0.39, 0.29) is 12.1 Å². The second-order valence-electron chi connectivity index (χ2n) is 12.2. The highest BCUT2D eigenvalue weighted by Crippen LogP contribution is 2.31. The highest BCUT2D eigenvalue weighted by atomic mass is 19.1. The van der Waals surface area contributed by atoms with Crippen molar-refractivity contribution in [1.82, 2.24) is 20.6 Å². The van der Waals surface area contributed by atoms with E-state index < -0.39 is 29.8 Å². The molecular formula is C38H40FN5O4. The van der Waals surface area contributed by atoms with E-state index in [0.717, 1.165) is 28.0 Å². The lowest BCUT2D eigenvalue weighted by Gasteiger charge is -2.30. The number of rotatable bonds is 10. The number of fused-ring (bicyclic) bond motifs is 1. The second kappa shape index (κ2) is 14.8. The minimum absolute atomic E-state index is 0.0843. The number of amides is 2. The average molecular weight is 650 g/mol. The summed E-state index contributed by atoms with van der Waals surface area (Å²) < 4.78 is 26.4. The smallest absolute Gasteiger partial charge is 0.407 e. The highest BCUT2D eigenvalue weighted by Gasteiger charge is 2.33. The zero-order valence-electron chi connectivity index (χ0n) is 27.3. The summed E-state index contributed by atoms with van der Waals surface area (Å²) in [5, 5.41) is 9.17. The van der Waals surface area contributed by atoms with E-state index in [2.05, 4.69) is 46.9 Å². The van der Waals surface area contributed by atoms with Crippen molar-refractivity contribution in [2.75, 3.05) is 25.6 Å². The summed E-state index contributed by atoms with van der Waals surface area (Å²) in [5.74, 6) is -0.646. The van der Waals surface area contributed by atoms with Crippen LogP contribution in [0.1, 0.15) is 52.0 Å². The minimum atomic E-state index is -1.06. The predicted octanol–water partition coefficient (Wildman–Crippen LogP) is 6.48. The lowest BCUT2D eigenvalue weighted by atomic mass is 9.84. The summed E-state index contributed by atoms with van der Waals surface area (Å²) in [6.07, 6.45) is -0.0480. The molecule has 1 saturated heterocycles. The maximum Gasteiger partial charge on any atom is 0.407 e. The first-order valence-corrected chi connectivity index (χ1v) is 16.1. The van der Waals surface area contributed by atoms with E-state index in [9.17, 15) is 9.59 Å². The Labute approximate surface area is 279 Å². The average Bonchev–Trinajstić information content (AvgIpc) is 3.51. The Morgan fingerprint density at radius 2 is 1.67 bits per heavy atom. The van der Waals surface area contributed by atoms with Gasteiger partial charge in [0.1, 0.15) is 17.7 Å². The van der Waals surface area contributed by atoms with Crippen LogP contribution in [0.2, 0.25) is 0 Å². The maximum atomic E-state index is 15.3. The summed E-state index contributed by atoms with van der Waals surface area (Å²) in [4.78, 5) is 34.8. The molecule has 0 aliphatic carbocycles. The van der Waals surface area contributed by atoms with Crippen molar-refractivity contribution < 1.29 is 23.5 Å². The van der Waals surface area contributed by atoms with Gasteiger partial charge in [0, 0.05) is 23.7 Å². The number of aryl methyl sites for hydroxylation is 2. The third-order valence-electron chi connectivity index (χ3n) is 9.02. The summed E-state index contributed by atoms with van der Waals surface area (Å²) in [5.41, 5.74) is 6.68. The molecule has 0 spiro atoms. The van der Waals surface area contributed by atoms with Gasteiger partial charge >= 0.3 is 6.09 Å². The van der Waals surface area contributed by atoms with Gasteiger partial charge in [-0.15, -0.1) is 0 Å². The van der Waals surface area contributed by atoms with Crippen molar-refractivity contribution in [2.24, 2.45) is 0 Å². The molecule has 1 fully saturated rings. The van der Waals surface area contributed by atoms with Gasteiger partial charge in [-0.1, -0.05) is 66.7 Å². The van der Waals surface area contributed by atoms with E-state index in [0.29, 0.717) is 37.2 Å². The Hall–Kier alpha value is -5.06. The normalized spacial score (nSPS) is 16.9. The Morgan fingerprint density at radius 3 is 2.31 bits per heavy atom. The molecule has 4 N–H and O–H groups in total. The van der Waals surface area contributed by atoms with Crippen LogP contribution in [0.25, 0.3) is 11.0 Å². The molecule has 1 aliphatic rings. The summed E-state index contributed by atoms with van der Waals surface area (Å²) in [7, 11) is 1.25. The largest absolute Gasteiger partial charge is 0.453 e. The van der Waals surface area contributed by atoms with Gasteiger partial charge in [-0.25, -0.2) is 14.2 Å². The molecule has 0 bridgehead atoms. The molecule has 10 heteroatoms. The number of alkyl carbamates (subject to hydrolysis) is 1. The first-order valence-electron chi connectivity index (χ1n) is 16.1. The van der Waals surface area contributed by atoms with Crippen molar-refractivity contribution in [3.8, 4) is 0 Å². The fraction of sp³-hybridized carbons (Fsp3) is 0.289. The van der Waals surface area contributed by atoms with Crippen molar-refractivity contribution in [3.63, 3.8) is 0 Å². The van der Waals surface area contributed by atoms with Gasteiger partial charge in [0.15, 0.2) is 0 Å². The Kier molecular flexibility index (Phi) is 10.1. The van der Waals surface area contributed by atoms with Gasteiger partial charge in [-0.05, 0) is 73.2 Å². The number of ether oxygens (including phenoxy) is 2. The molecule has 5 aromatic rings. The molecule has 4 aromatic carbocycles. The minimum Gasteiger partial charge on any atom is -0.453 e. The molecule has 9 nitrogen and oxygen atoms in total. The van der Waals surface area contributed by atoms with Gasteiger partial charge < -0.3 is 30.4 Å². The van der Waals surface area contributed by atoms with Crippen LogP contribution in [-0.4, -0.2) is 54.4 Å². The van der Waals surface area contributed by atoms with Crippen LogP contribution in [0, 0.1) is 19.7 Å². The van der Waals surface area contributed by atoms with Crippen molar-refractivity contribution in [2.45, 2.75) is 50.8 Å². The third kappa shape index (κ3) is 7.40. The van der Waals surface area contributed by atoms with E-state index >= 15 is 4.39 Å². The number of halogens is 1. The molecule has 3 atom stereocenters. The number of methoxy groups -OCH3 is 1. The number of H-pyrrole nitrogens is 1. The van der Waals surface area contributed by atoms with Crippen molar-refractivity contribution in [1.29, 1.82) is 0 Å². The standard InChI is InChI=1S/C38H40FN5O4/c1-23-19-31-32(20-24(23)2)42-36(41-31)33-22-48-27(21-40-33)17-18-28-29(39)15-10-16-30(28)43-37(45)35(44-38(46)47-3)34(25-11-6-4-7-12-25)26-13-8-5-9-14-26/h4-16,19-20,27,33-35,40H,17-18,21-22H2,1-3H3,(H,41,42)(H,43,45)(H,44,46)/t27-,33+,35?/m1/s1. The first-order chi connectivity index (χ1) is 23.3. The molecule has 1 aromatic heterocycles.